The number of carbonyl (C=O) groups is 1. The number of carbonyl (C=O) groups excluding carboxylic acids is 1. The maximum Gasteiger partial charge on any atom is 0.279 e. The predicted octanol–water partition coefficient (Wildman–Crippen LogP) is 2.71. The molecular weight excluding hydrogens is 346 g/mol. The van der Waals surface area contributed by atoms with E-state index in [0.717, 1.165) is 26.9 Å². The average molecular weight is 363 g/mol. The van der Waals surface area contributed by atoms with E-state index < -0.39 is 0 Å². The lowest BCUT2D eigenvalue weighted by Crippen LogP contribution is -3.08. The third kappa shape index (κ3) is 4.44. The van der Waals surface area contributed by atoms with Gasteiger partial charge in [0.2, 0.25) is 0 Å². The average Bonchev–Trinajstić information content (AvgIpc) is 3.20. The van der Waals surface area contributed by atoms with Crippen LogP contribution in [0.3, 0.4) is 0 Å². The van der Waals surface area contributed by atoms with Gasteiger partial charge in [0.05, 0.1) is 11.9 Å². The molecular formula is C17H17ClN3O2S+. The molecule has 0 fully saturated rings. The number of thiophene rings is 1. The summed E-state index contributed by atoms with van der Waals surface area (Å²) < 4.78 is 5.36. The molecule has 0 aliphatic heterocycles. The fraction of sp³-hybridized carbons (Fsp3) is 0.176. The van der Waals surface area contributed by atoms with E-state index in [0.29, 0.717) is 18.1 Å². The van der Waals surface area contributed by atoms with Crippen molar-refractivity contribution in [3.63, 3.8) is 0 Å². The smallest absolute Gasteiger partial charge is 0.279 e. The van der Waals surface area contributed by atoms with Crippen LogP contribution in [0.4, 0.5) is 5.69 Å². The number of likely N-dealkylation sites (N-methyl/N-ethyl adjacent to an activating group) is 1. The van der Waals surface area contributed by atoms with Crippen LogP contribution in [0.5, 0.6) is 0 Å². The second-order valence-corrected chi connectivity index (χ2v) is 6.91. The number of quaternary nitrogens is 1. The molecule has 2 N–H and O–H groups in total. The Balaban J connectivity index is 1.52. The molecule has 0 bridgehead atoms. The molecule has 0 saturated heterocycles. The second-order valence-electron chi connectivity index (χ2n) is 5.53. The van der Waals surface area contributed by atoms with E-state index in [1.165, 1.54) is 0 Å². The van der Waals surface area contributed by atoms with Gasteiger partial charge in [-0.3, -0.25) is 4.79 Å². The van der Waals surface area contributed by atoms with Crippen LogP contribution < -0.4 is 10.2 Å². The van der Waals surface area contributed by atoms with Crippen LogP contribution in [0.2, 0.25) is 5.02 Å². The first kappa shape index (κ1) is 16.7. The summed E-state index contributed by atoms with van der Waals surface area (Å²) in [7, 11) is 1.95. The number of anilines is 1. The molecule has 0 saturated carbocycles. The molecule has 24 heavy (non-hydrogen) atoms. The number of hydrogen-bond donors (Lipinski definition) is 2. The zero-order valence-electron chi connectivity index (χ0n) is 13.1. The summed E-state index contributed by atoms with van der Waals surface area (Å²) in [5.41, 5.74) is 1.56. The summed E-state index contributed by atoms with van der Waals surface area (Å²) in [6.07, 6.45) is 0. The van der Waals surface area contributed by atoms with Gasteiger partial charge < -0.3 is 14.7 Å². The minimum Gasteiger partial charge on any atom is -0.355 e. The Morgan fingerprint density at radius 3 is 2.83 bits per heavy atom. The Kier molecular flexibility index (Phi) is 5.30. The number of aromatic nitrogens is 1. The van der Waals surface area contributed by atoms with Crippen molar-refractivity contribution in [3.05, 3.63) is 58.6 Å². The first-order valence-electron chi connectivity index (χ1n) is 7.46. The first-order chi connectivity index (χ1) is 11.6. The molecule has 0 radical (unpaired) electrons. The number of nitrogens with zero attached hydrogens (tertiary/aromatic N) is 1. The largest absolute Gasteiger partial charge is 0.355 e. The van der Waals surface area contributed by atoms with Crippen LogP contribution in [0.25, 0.3) is 10.6 Å². The molecule has 1 amide bonds. The van der Waals surface area contributed by atoms with E-state index in [1.807, 2.05) is 30.6 Å². The summed E-state index contributed by atoms with van der Waals surface area (Å²) in [6, 6.07) is 12.9. The minimum absolute atomic E-state index is 0.0585. The van der Waals surface area contributed by atoms with Crippen molar-refractivity contribution in [3.8, 4) is 10.6 Å². The SMILES string of the molecule is C[NH+](CC(=O)Nc1ccc(Cl)cc1)Cc1cc(-c2cccs2)on1. The number of benzene rings is 1. The number of hydrogen-bond acceptors (Lipinski definition) is 4. The highest BCUT2D eigenvalue weighted by molar-refractivity contribution is 7.13. The lowest BCUT2D eigenvalue weighted by atomic mass is 10.3. The van der Waals surface area contributed by atoms with Crippen LogP contribution >= 0.6 is 22.9 Å². The predicted molar refractivity (Wildman–Crippen MR) is 95.4 cm³/mol. The monoisotopic (exact) mass is 362 g/mol. The van der Waals surface area contributed by atoms with E-state index in [2.05, 4.69) is 10.5 Å². The van der Waals surface area contributed by atoms with Crippen molar-refractivity contribution in [2.45, 2.75) is 6.54 Å². The Bertz CT molecular complexity index is 800. The Labute approximate surface area is 148 Å². The molecule has 1 atom stereocenters. The van der Waals surface area contributed by atoms with Gasteiger partial charge in [-0.15, -0.1) is 11.3 Å². The Hall–Kier alpha value is -2.15. The molecule has 1 aromatic carbocycles. The zero-order valence-corrected chi connectivity index (χ0v) is 14.7. The molecule has 2 heterocycles. The summed E-state index contributed by atoms with van der Waals surface area (Å²) >= 11 is 7.44. The van der Waals surface area contributed by atoms with Gasteiger partial charge in [-0.2, -0.15) is 0 Å². The van der Waals surface area contributed by atoms with Gasteiger partial charge in [-0.25, -0.2) is 0 Å². The summed E-state index contributed by atoms with van der Waals surface area (Å²) in [6.45, 7) is 0.951. The summed E-state index contributed by atoms with van der Waals surface area (Å²) in [5.74, 6) is 0.704. The van der Waals surface area contributed by atoms with Crippen molar-refractivity contribution >= 4 is 34.5 Å². The fourth-order valence-corrected chi connectivity index (χ4v) is 3.11. The zero-order chi connectivity index (χ0) is 16.9. The molecule has 0 aliphatic carbocycles. The van der Waals surface area contributed by atoms with Gasteiger partial charge in [-0.1, -0.05) is 22.8 Å². The van der Waals surface area contributed by atoms with E-state index in [-0.39, 0.29) is 5.91 Å². The highest BCUT2D eigenvalue weighted by Gasteiger charge is 2.14. The van der Waals surface area contributed by atoms with Crippen LogP contribution in [0.15, 0.2) is 52.4 Å². The van der Waals surface area contributed by atoms with Crippen molar-refractivity contribution in [2.24, 2.45) is 0 Å². The molecule has 7 heteroatoms. The van der Waals surface area contributed by atoms with Gasteiger partial charge in [-0.05, 0) is 35.7 Å². The van der Waals surface area contributed by atoms with Crippen molar-refractivity contribution in [2.75, 3.05) is 18.9 Å². The molecule has 124 valence electrons. The quantitative estimate of drug-likeness (QED) is 0.708. The normalized spacial score (nSPS) is 12.1. The molecule has 2 aromatic heterocycles. The number of rotatable bonds is 6. The van der Waals surface area contributed by atoms with Crippen LogP contribution in [0, 0.1) is 0 Å². The third-order valence-electron chi connectivity index (χ3n) is 3.40. The van der Waals surface area contributed by atoms with E-state index in [4.69, 9.17) is 16.1 Å². The summed E-state index contributed by atoms with van der Waals surface area (Å²) in [5, 5.41) is 9.57. The van der Waals surface area contributed by atoms with Crippen LogP contribution in [-0.4, -0.2) is 24.7 Å². The topological polar surface area (TPSA) is 59.6 Å². The number of amides is 1. The highest BCUT2D eigenvalue weighted by Crippen LogP contribution is 2.24. The molecule has 3 aromatic rings. The molecule has 0 aliphatic rings. The molecule has 5 nitrogen and oxygen atoms in total. The van der Waals surface area contributed by atoms with E-state index in [1.54, 1.807) is 35.6 Å². The molecule has 0 spiro atoms. The van der Waals surface area contributed by atoms with E-state index in [9.17, 15) is 4.79 Å². The van der Waals surface area contributed by atoms with Gasteiger partial charge in [0.25, 0.3) is 5.91 Å². The second kappa shape index (κ2) is 7.61. The summed E-state index contributed by atoms with van der Waals surface area (Å²) in [4.78, 5) is 14.2. The third-order valence-corrected chi connectivity index (χ3v) is 4.53. The maximum absolute atomic E-state index is 12.1. The van der Waals surface area contributed by atoms with E-state index >= 15 is 0 Å². The molecule has 3 rings (SSSR count). The number of halogens is 1. The van der Waals surface area contributed by atoms with Gasteiger partial charge in [0.15, 0.2) is 12.3 Å². The maximum atomic E-state index is 12.1. The van der Waals surface area contributed by atoms with Gasteiger partial charge >= 0.3 is 0 Å². The highest BCUT2D eigenvalue weighted by atomic mass is 35.5. The van der Waals surface area contributed by atoms with Crippen molar-refractivity contribution in [1.29, 1.82) is 0 Å². The standard InChI is InChI=1S/C17H16ClN3O2S/c1-21(11-17(22)19-13-6-4-12(18)5-7-13)10-14-9-15(23-20-14)16-3-2-8-24-16/h2-9H,10-11H2,1H3,(H,19,22)/p+1. The first-order valence-corrected chi connectivity index (χ1v) is 8.72. The van der Waals surface area contributed by atoms with Crippen molar-refractivity contribution in [1.82, 2.24) is 5.16 Å². The Morgan fingerprint density at radius 2 is 2.12 bits per heavy atom. The molecule has 1 unspecified atom stereocenters. The van der Waals surface area contributed by atoms with Gasteiger partial charge in [0, 0.05) is 16.8 Å². The minimum atomic E-state index is -0.0585. The van der Waals surface area contributed by atoms with Crippen LogP contribution in [0.1, 0.15) is 5.69 Å². The van der Waals surface area contributed by atoms with Gasteiger partial charge in [0.1, 0.15) is 12.2 Å². The lowest BCUT2D eigenvalue weighted by Gasteiger charge is -2.12. The number of nitrogens with one attached hydrogen (secondary N) is 2. The Morgan fingerprint density at radius 1 is 1.33 bits per heavy atom. The van der Waals surface area contributed by atoms with Crippen LogP contribution in [-0.2, 0) is 11.3 Å². The fourth-order valence-electron chi connectivity index (χ4n) is 2.31. The lowest BCUT2D eigenvalue weighted by molar-refractivity contribution is -0.885. The van der Waals surface area contributed by atoms with Crippen molar-refractivity contribution < 1.29 is 14.2 Å².